The summed E-state index contributed by atoms with van der Waals surface area (Å²) in [6, 6.07) is 18.4. The normalized spacial score (nSPS) is 11.9. The van der Waals surface area contributed by atoms with Crippen molar-refractivity contribution in [2.24, 2.45) is 4.99 Å². The number of aliphatic imine (C=N–C) groups is 1. The summed E-state index contributed by atoms with van der Waals surface area (Å²) in [4.78, 5) is 9.17. The zero-order valence-electron chi connectivity index (χ0n) is 16.5. The van der Waals surface area contributed by atoms with E-state index in [1.54, 1.807) is 59.6 Å². The Morgan fingerprint density at radius 2 is 1.94 bits per heavy atom. The molecule has 3 aromatic carbocycles. The third-order valence-corrected chi connectivity index (χ3v) is 7.75. The number of phenols is 1. The molecule has 2 N–H and O–H groups in total. The Kier molecular flexibility index (Phi) is 6.26. The first-order valence-electron chi connectivity index (χ1n) is 9.43. The van der Waals surface area contributed by atoms with Crippen LogP contribution < -0.4 is 4.72 Å². The molecule has 0 aliphatic heterocycles. The van der Waals surface area contributed by atoms with E-state index in [-0.39, 0.29) is 16.3 Å². The maximum absolute atomic E-state index is 12.4. The Labute approximate surface area is 188 Å². The lowest BCUT2D eigenvalue weighted by Gasteiger charge is -2.09. The number of thioether (sulfide) groups is 1. The van der Waals surface area contributed by atoms with Crippen molar-refractivity contribution in [3.8, 4) is 5.75 Å². The summed E-state index contributed by atoms with van der Waals surface area (Å²) in [5.41, 5.74) is 2.44. The molecule has 158 valence electrons. The van der Waals surface area contributed by atoms with Crippen LogP contribution in [0, 0.1) is 0 Å². The molecule has 0 unspecified atom stereocenters. The molecule has 1 heterocycles. The number of rotatable bonds is 7. The third-order valence-electron chi connectivity index (χ3n) is 4.31. The minimum Gasteiger partial charge on any atom is -0.507 e. The van der Waals surface area contributed by atoms with Crippen LogP contribution in [0.5, 0.6) is 5.75 Å². The SMILES string of the molecule is CCSc1nc2ccc(N=Cc3ccc(NS(=O)(=O)c4ccccc4)cc3O)cc2s1. The van der Waals surface area contributed by atoms with Crippen molar-refractivity contribution in [3.05, 3.63) is 72.3 Å². The Bertz CT molecular complexity index is 1350. The third kappa shape index (κ3) is 5.07. The summed E-state index contributed by atoms with van der Waals surface area (Å²) in [5.74, 6) is 0.902. The second-order valence-electron chi connectivity index (χ2n) is 6.52. The fourth-order valence-electron chi connectivity index (χ4n) is 2.83. The molecule has 9 heteroatoms. The summed E-state index contributed by atoms with van der Waals surface area (Å²) in [6.45, 7) is 2.09. The van der Waals surface area contributed by atoms with Crippen LogP contribution in [0.2, 0.25) is 0 Å². The fourth-order valence-corrected chi connectivity index (χ4v) is 5.90. The maximum atomic E-state index is 12.4. The monoisotopic (exact) mass is 469 g/mol. The molecule has 0 aliphatic rings. The first kappa shape index (κ1) is 21.4. The quantitative estimate of drug-likeness (QED) is 0.269. The molecule has 0 atom stereocenters. The van der Waals surface area contributed by atoms with E-state index >= 15 is 0 Å². The molecular formula is C22H19N3O3S3. The zero-order valence-corrected chi connectivity index (χ0v) is 19.0. The highest BCUT2D eigenvalue weighted by atomic mass is 32.2. The predicted molar refractivity (Wildman–Crippen MR) is 129 cm³/mol. The molecule has 0 fully saturated rings. The molecule has 1 aromatic heterocycles. The largest absolute Gasteiger partial charge is 0.507 e. The highest BCUT2D eigenvalue weighted by Gasteiger charge is 2.14. The van der Waals surface area contributed by atoms with Crippen molar-refractivity contribution < 1.29 is 13.5 Å². The summed E-state index contributed by atoms with van der Waals surface area (Å²) in [6.07, 6.45) is 1.55. The van der Waals surface area contributed by atoms with Gasteiger partial charge in [0.05, 0.1) is 26.5 Å². The van der Waals surface area contributed by atoms with E-state index in [2.05, 4.69) is 21.6 Å². The van der Waals surface area contributed by atoms with Crippen molar-refractivity contribution in [1.82, 2.24) is 4.98 Å². The van der Waals surface area contributed by atoms with Crippen LogP contribution in [0.1, 0.15) is 12.5 Å². The molecule has 0 bridgehead atoms. The summed E-state index contributed by atoms with van der Waals surface area (Å²) in [7, 11) is -3.72. The van der Waals surface area contributed by atoms with E-state index in [0.717, 1.165) is 26.0 Å². The van der Waals surface area contributed by atoms with Gasteiger partial charge in [-0.05, 0) is 48.2 Å². The number of anilines is 1. The van der Waals surface area contributed by atoms with Gasteiger partial charge in [-0.3, -0.25) is 9.71 Å². The van der Waals surface area contributed by atoms with Gasteiger partial charge in [-0.25, -0.2) is 13.4 Å². The molecule has 0 saturated carbocycles. The molecule has 6 nitrogen and oxygen atoms in total. The lowest BCUT2D eigenvalue weighted by Crippen LogP contribution is -2.12. The van der Waals surface area contributed by atoms with Crippen LogP contribution in [-0.4, -0.2) is 30.5 Å². The molecule has 31 heavy (non-hydrogen) atoms. The number of nitrogens with zero attached hydrogens (tertiary/aromatic N) is 2. The first-order valence-corrected chi connectivity index (χ1v) is 12.7. The van der Waals surface area contributed by atoms with E-state index in [9.17, 15) is 13.5 Å². The first-order chi connectivity index (χ1) is 14.9. The van der Waals surface area contributed by atoms with Gasteiger partial charge in [-0.1, -0.05) is 36.9 Å². The number of aromatic hydroxyl groups is 1. The van der Waals surface area contributed by atoms with Crippen LogP contribution in [0.3, 0.4) is 0 Å². The topological polar surface area (TPSA) is 91.7 Å². The number of fused-ring (bicyclic) bond motifs is 1. The Hall–Kier alpha value is -2.88. The molecular weight excluding hydrogens is 450 g/mol. The van der Waals surface area contributed by atoms with Gasteiger partial charge in [0, 0.05) is 17.8 Å². The van der Waals surface area contributed by atoms with Crippen LogP contribution >= 0.6 is 23.1 Å². The smallest absolute Gasteiger partial charge is 0.261 e. The number of benzene rings is 3. The van der Waals surface area contributed by atoms with E-state index < -0.39 is 10.0 Å². The van der Waals surface area contributed by atoms with Gasteiger partial charge in [0.15, 0.2) is 4.34 Å². The highest BCUT2D eigenvalue weighted by Crippen LogP contribution is 2.32. The standard InChI is InChI=1S/C22H19N3O3S3/c1-2-29-22-24-19-11-10-16(13-21(19)30-22)23-14-15-8-9-17(12-20(15)26)25-31(27,28)18-6-4-3-5-7-18/h3-14,25-26H,2H2,1H3. The lowest BCUT2D eigenvalue weighted by molar-refractivity contribution is 0.475. The Balaban J connectivity index is 1.52. The number of hydrogen-bond acceptors (Lipinski definition) is 7. The predicted octanol–water partition coefficient (Wildman–Crippen LogP) is 5.67. The van der Waals surface area contributed by atoms with E-state index in [4.69, 9.17) is 0 Å². The zero-order chi connectivity index (χ0) is 21.8. The van der Waals surface area contributed by atoms with Crippen molar-refractivity contribution in [3.63, 3.8) is 0 Å². The van der Waals surface area contributed by atoms with Gasteiger partial charge in [-0.2, -0.15) is 0 Å². The van der Waals surface area contributed by atoms with E-state index in [1.165, 1.54) is 18.2 Å². The maximum Gasteiger partial charge on any atom is 0.261 e. The fraction of sp³-hybridized carbons (Fsp3) is 0.0909. The number of thiazole rings is 1. The van der Waals surface area contributed by atoms with Gasteiger partial charge in [0.1, 0.15) is 5.75 Å². The number of sulfonamides is 1. The molecule has 0 aliphatic carbocycles. The summed E-state index contributed by atoms with van der Waals surface area (Å²) < 4.78 is 29.4. The van der Waals surface area contributed by atoms with Crippen molar-refractivity contribution in [2.75, 3.05) is 10.5 Å². The second-order valence-corrected chi connectivity index (χ2v) is 10.7. The number of aromatic nitrogens is 1. The van der Waals surface area contributed by atoms with Gasteiger partial charge in [-0.15, -0.1) is 11.3 Å². The lowest BCUT2D eigenvalue weighted by atomic mass is 10.2. The molecule has 0 amide bonds. The van der Waals surface area contributed by atoms with Crippen LogP contribution in [0.25, 0.3) is 10.2 Å². The minimum atomic E-state index is -3.72. The Morgan fingerprint density at radius 3 is 2.68 bits per heavy atom. The molecule has 4 aromatic rings. The average molecular weight is 470 g/mol. The van der Waals surface area contributed by atoms with Crippen LogP contribution in [0.4, 0.5) is 11.4 Å². The molecule has 4 rings (SSSR count). The Morgan fingerprint density at radius 1 is 1.13 bits per heavy atom. The van der Waals surface area contributed by atoms with E-state index in [0.29, 0.717) is 5.56 Å². The van der Waals surface area contributed by atoms with Gasteiger partial charge in [0.2, 0.25) is 0 Å². The summed E-state index contributed by atoms with van der Waals surface area (Å²) in [5, 5.41) is 10.3. The van der Waals surface area contributed by atoms with Crippen molar-refractivity contribution in [1.29, 1.82) is 0 Å². The highest BCUT2D eigenvalue weighted by molar-refractivity contribution is 8.01. The van der Waals surface area contributed by atoms with Gasteiger partial charge >= 0.3 is 0 Å². The van der Waals surface area contributed by atoms with Crippen molar-refractivity contribution >= 4 is 60.9 Å². The van der Waals surface area contributed by atoms with Crippen LogP contribution in [0.15, 0.2) is 81.0 Å². The number of nitrogens with one attached hydrogen (secondary N) is 1. The number of hydrogen-bond donors (Lipinski definition) is 2. The van der Waals surface area contributed by atoms with Crippen molar-refractivity contribution in [2.45, 2.75) is 16.2 Å². The minimum absolute atomic E-state index is 0.0717. The molecule has 0 radical (unpaired) electrons. The molecule has 0 saturated heterocycles. The van der Waals surface area contributed by atoms with E-state index in [1.807, 2.05) is 18.2 Å². The van der Waals surface area contributed by atoms with Gasteiger partial charge in [0.25, 0.3) is 10.0 Å². The van der Waals surface area contributed by atoms with Gasteiger partial charge < -0.3 is 5.11 Å². The second kappa shape index (κ2) is 9.09. The summed E-state index contributed by atoms with van der Waals surface area (Å²) >= 11 is 3.34. The number of phenolic OH excluding ortho intramolecular Hbond substituents is 1. The van der Waals surface area contributed by atoms with Crippen LogP contribution in [-0.2, 0) is 10.0 Å². The average Bonchev–Trinajstić information content (AvgIpc) is 3.15. The molecule has 0 spiro atoms.